The van der Waals surface area contributed by atoms with Gasteiger partial charge in [0, 0.05) is 9.86 Å². The van der Waals surface area contributed by atoms with Crippen LogP contribution in [0.3, 0.4) is 0 Å². The molecule has 1 aromatic heterocycles. The van der Waals surface area contributed by atoms with Crippen molar-refractivity contribution in [3.8, 4) is 0 Å². The summed E-state index contributed by atoms with van der Waals surface area (Å²) in [5.41, 5.74) is 0.307. The average molecular weight is 295 g/mol. The number of hydrogen-bond acceptors (Lipinski definition) is 2. The standard InChI is InChI=1S/C10H6BrF3O2/c11-6-1-2-7-5(3-6)4-8(16-7)9(15)10(12,13)14/h1-4,9,15H/t9-/m0/s1. The summed E-state index contributed by atoms with van der Waals surface area (Å²) in [6.45, 7) is 0. The number of rotatable bonds is 1. The second-order valence-electron chi connectivity index (χ2n) is 3.28. The predicted octanol–water partition coefficient (Wildman–Crippen LogP) is 3.79. The molecule has 1 atom stereocenters. The van der Waals surface area contributed by atoms with Crippen LogP contribution in [0.25, 0.3) is 11.0 Å². The first-order valence-electron chi connectivity index (χ1n) is 4.32. The lowest BCUT2D eigenvalue weighted by Crippen LogP contribution is -2.19. The van der Waals surface area contributed by atoms with Gasteiger partial charge < -0.3 is 9.52 Å². The van der Waals surface area contributed by atoms with Gasteiger partial charge in [-0.05, 0) is 24.3 Å². The molecule has 1 aromatic carbocycles. The van der Waals surface area contributed by atoms with E-state index >= 15 is 0 Å². The largest absolute Gasteiger partial charge is 0.458 e. The zero-order chi connectivity index (χ0) is 11.9. The molecule has 0 saturated carbocycles. The molecule has 6 heteroatoms. The van der Waals surface area contributed by atoms with Gasteiger partial charge in [-0.1, -0.05) is 15.9 Å². The summed E-state index contributed by atoms with van der Waals surface area (Å²) in [5, 5.41) is 9.50. The van der Waals surface area contributed by atoms with Gasteiger partial charge in [0.2, 0.25) is 6.10 Å². The van der Waals surface area contributed by atoms with Crippen LogP contribution in [0, 0.1) is 0 Å². The molecule has 0 saturated heterocycles. The second-order valence-corrected chi connectivity index (χ2v) is 4.19. The molecule has 0 bridgehead atoms. The van der Waals surface area contributed by atoms with Crippen LogP contribution in [-0.4, -0.2) is 11.3 Å². The maximum Gasteiger partial charge on any atom is 0.421 e. The normalized spacial score (nSPS) is 14.3. The van der Waals surface area contributed by atoms with Crippen molar-refractivity contribution in [2.24, 2.45) is 0 Å². The molecule has 2 rings (SSSR count). The number of alkyl halides is 3. The average Bonchev–Trinajstić information content (AvgIpc) is 2.57. The predicted molar refractivity (Wildman–Crippen MR) is 54.9 cm³/mol. The fourth-order valence-electron chi connectivity index (χ4n) is 1.33. The number of aliphatic hydroxyl groups excluding tert-OH is 1. The van der Waals surface area contributed by atoms with Gasteiger partial charge >= 0.3 is 6.18 Å². The highest BCUT2D eigenvalue weighted by atomic mass is 79.9. The van der Waals surface area contributed by atoms with Crippen LogP contribution < -0.4 is 0 Å². The van der Waals surface area contributed by atoms with Crippen LogP contribution in [0.4, 0.5) is 13.2 Å². The Morgan fingerprint density at radius 1 is 1.25 bits per heavy atom. The van der Waals surface area contributed by atoms with Crippen LogP contribution in [0.15, 0.2) is 33.2 Å². The molecule has 0 aliphatic heterocycles. The zero-order valence-corrected chi connectivity index (χ0v) is 9.34. The molecule has 0 fully saturated rings. The molecule has 1 heterocycles. The Morgan fingerprint density at radius 2 is 1.94 bits per heavy atom. The van der Waals surface area contributed by atoms with E-state index in [-0.39, 0.29) is 0 Å². The van der Waals surface area contributed by atoms with Crippen molar-refractivity contribution >= 4 is 26.9 Å². The molecule has 2 nitrogen and oxygen atoms in total. The third kappa shape index (κ3) is 2.08. The number of fused-ring (bicyclic) bond motifs is 1. The SMILES string of the molecule is O[C@@H](c1cc2cc(Br)ccc2o1)C(F)(F)F. The Balaban J connectivity index is 2.47. The van der Waals surface area contributed by atoms with E-state index in [1.807, 2.05) is 0 Å². The Labute approximate surface area is 96.8 Å². The smallest absolute Gasteiger partial charge is 0.421 e. The van der Waals surface area contributed by atoms with Gasteiger partial charge in [-0.15, -0.1) is 0 Å². The first-order valence-corrected chi connectivity index (χ1v) is 5.11. The molecule has 86 valence electrons. The molecule has 0 unspecified atom stereocenters. The van der Waals surface area contributed by atoms with Gasteiger partial charge in [-0.3, -0.25) is 0 Å². The van der Waals surface area contributed by atoms with Gasteiger partial charge in [0.05, 0.1) is 0 Å². The molecular formula is C10H6BrF3O2. The van der Waals surface area contributed by atoms with Crippen molar-refractivity contribution < 1.29 is 22.7 Å². The van der Waals surface area contributed by atoms with Crippen LogP contribution in [0.5, 0.6) is 0 Å². The van der Waals surface area contributed by atoms with Gasteiger partial charge in [0.1, 0.15) is 11.3 Å². The molecule has 1 N–H and O–H groups in total. The maximum absolute atomic E-state index is 12.2. The lowest BCUT2D eigenvalue weighted by atomic mass is 10.2. The van der Waals surface area contributed by atoms with E-state index < -0.39 is 18.0 Å². The molecular weight excluding hydrogens is 289 g/mol. The maximum atomic E-state index is 12.2. The van der Waals surface area contributed by atoms with E-state index in [1.165, 1.54) is 12.1 Å². The number of furan rings is 1. The van der Waals surface area contributed by atoms with E-state index in [9.17, 15) is 13.2 Å². The summed E-state index contributed by atoms with van der Waals surface area (Å²) < 4.78 is 42.3. The van der Waals surface area contributed by atoms with Crippen molar-refractivity contribution in [2.45, 2.75) is 12.3 Å². The van der Waals surface area contributed by atoms with Gasteiger partial charge in [-0.2, -0.15) is 13.2 Å². The lowest BCUT2D eigenvalue weighted by molar-refractivity contribution is -0.211. The van der Waals surface area contributed by atoms with Crippen LogP contribution >= 0.6 is 15.9 Å². The minimum atomic E-state index is -4.72. The van der Waals surface area contributed by atoms with Crippen LogP contribution in [-0.2, 0) is 0 Å². The summed E-state index contributed by atoms with van der Waals surface area (Å²) in [4.78, 5) is 0. The third-order valence-corrected chi connectivity index (χ3v) is 2.57. The fraction of sp³-hybridized carbons (Fsp3) is 0.200. The first-order chi connectivity index (χ1) is 7.38. The molecule has 0 aliphatic rings. The van der Waals surface area contributed by atoms with Gasteiger partial charge in [0.25, 0.3) is 0 Å². The number of hydrogen-bond donors (Lipinski definition) is 1. The van der Waals surface area contributed by atoms with E-state index in [0.717, 1.165) is 4.47 Å². The van der Waals surface area contributed by atoms with Crippen molar-refractivity contribution in [1.29, 1.82) is 0 Å². The van der Waals surface area contributed by atoms with Crippen molar-refractivity contribution in [3.05, 3.63) is 34.5 Å². The highest BCUT2D eigenvalue weighted by molar-refractivity contribution is 9.10. The second kappa shape index (κ2) is 3.78. The number of benzene rings is 1. The number of halogens is 4. The molecule has 0 aliphatic carbocycles. The summed E-state index contributed by atoms with van der Waals surface area (Å²) in [7, 11) is 0. The summed E-state index contributed by atoms with van der Waals surface area (Å²) in [5.74, 6) is -0.499. The number of aliphatic hydroxyl groups is 1. The Bertz CT molecular complexity index is 518. The molecule has 0 radical (unpaired) electrons. The lowest BCUT2D eigenvalue weighted by Gasteiger charge is -2.10. The minimum Gasteiger partial charge on any atom is -0.458 e. The summed E-state index contributed by atoms with van der Waals surface area (Å²) in [6.07, 6.45) is -7.30. The Hall–Kier alpha value is -1.01. The highest BCUT2D eigenvalue weighted by Gasteiger charge is 2.41. The summed E-state index contributed by atoms with van der Waals surface area (Å²) >= 11 is 3.19. The third-order valence-electron chi connectivity index (χ3n) is 2.08. The first kappa shape index (κ1) is 11.5. The Morgan fingerprint density at radius 3 is 2.56 bits per heavy atom. The zero-order valence-electron chi connectivity index (χ0n) is 7.75. The van der Waals surface area contributed by atoms with Crippen molar-refractivity contribution in [2.75, 3.05) is 0 Å². The van der Waals surface area contributed by atoms with E-state index in [0.29, 0.717) is 11.0 Å². The van der Waals surface area contributed by atoms with Crippen molar-refractivity contribution in [3.63, 3.8) is 0 Å². The van der Waals surface area contributed by atoms with Crippen LogP contribution in [0.1, 0.15) is 11.9 Å². The summed E-state index contributed by atoms with van der Waals surface area (Å²) in [6, 6.07) is 5.98. The molecule has 0 spiro atoms. The quantitative estimate of drug-likeness (QED) is 0.868. The molecule has 16 heavy (non-hydrogen) atoms. The monoisotopic (exact) mass is 294 g/mol. The van der Waals surface area contributed by atoms with Crippen LogP contribution in [0.2, 0.25) is 0 Å². The van der Waals surface area contributed by atoms with E-state index in [2.05, 4.69) is 15.9 Å². The topological polar surface area (TPSA) is 33.4 Å². The molecule has 2 aromatic rings. The van der Waals surface area contributed by atoms with E-state index in [4.69, 9.17) is 9.52 Å². The highest BCUT2D eigenvalue weighted by Crippen LogP contribution is 2.35. The minimum absolute atomic E-state index is 0.307. The van der Waals surface area contributed by atoms with Gasteiger partial charge in [-0.25, -0.2) is 0 Å². The Kier molecular flexibility index (Phi) is 2.71. The van der Waals surface area contributed by atoms with Crippen molar-refractivity contribution in [1.82, 2.24) is 0 Å². The fourth-order valence-corrected chi connectivity index (χ4v) is 1.71. The van der Waals surface area contributed by atoms with E-state index in [1.54, 1.807) is 12.1 Å². The van der Waals surface area contributed by atoms with Gasteiger partial charge in [0.15, 0.2) is 0 Å². The molecule has 0 amide bonds.